The van der Waals surface area contributed by atoms with Gasteiger partial charge in [-0.2, -0.15) is 0 Å². The van der Waals surface area contributed by atoms with Crippen molar-refractivity contribution in [2.75, 3.05) is 0 Å². The summed E-state index contributed by atoms with van der Waals surface area (Å²) < 4.78 is 8.01. The number of carbonyl (C=O) groups is 8. The van der Waals surface area contributed by atoms with Gasteiger partial charge in [0.15, 0.2) is 17.3 Å². The zero-order chi connectivity index (χ0) is 26.1. The number of carboxylic acid groups (broad SMARTS) is 4. The first-order valence-electron chi connectivity index (χ1n) is 8.43. The van der Waals surface area contributed by atoms with E-state index in [1.165, 1.54) is 0 Å². The standard InChI is InChI=1S/C16H18O17.2Ca.5H2O.4H/c17-6(12(25)33-11(24)5-16(31,14(28)29)3-8(20)21)1-9(22)32-10(23)4-15(30,13(26)27)2-7(18)19;;;;;;;;;;;/h6,17,30-31H,1-5H2,(H,18,19)(H,20,21)(H,26,27)(H,28,29);;;5*1H2;;;;/q;2*+2;;;;;;4*-1. The minimum absolute atomic E-state index is 0. The Morgan fingerprint density at radius 1 is 0.575 bits per heavy atom. The largest absolute Gasteiger partial charge is 2.00 e. The van der Waals surface area contributed by atoms with Crippen molar-refractivity contribution in [3.63, 3.8) is 0 Å². The van der Waals surface area contributed by atoms with Gasteiger partial charge in [0.2, 0.25) is 0 Å². The van der Waals surface area contributed by atoms with Gasteiger partial charge in [0.1, 0.15) is 0 Å². The van der Waals surface area contributed by atoms with Crippen molar-refractivity contribution in [2.45, 2.75) is 49.4 Å². The van der Waals surface area contributed by atoms with E-state index >= 15 is 0 Å². The molecule has 232 valence electrons. The molecule has 3 unspecified atom stereocenters. The smallest absolute Gasteiger partial charge is 1.00 e. The fourth-order valence-corrected chi connectivity index (χ4v) is 2.07. The van der Waals surface area contributed by atoms with Crippen molar-refractivity contribution in [3.05, 3.63) is 0 Å². The molecule has 17 N–H and O–H groups in total. The number of hydrogen-bond donors (Lipinski definition) is 7. The van der Waals surface area contributed by atoms with Crippen LogP contribution in [0.5, 0.6) is 0 Å². The predicted octanol–water partition coefficient (Wildman–Crippen LogP) is -8.20. The van der Waals surface area contributed by atoms with Crippen LogP contribution in [0.2, 0.25) is 0 Å². The van der Waals surface area contributed by atoms with Gasteiger partial charge in [-0.15, -0.1) is 0 Å². The summed E-state index contributed by atoms with van der Waals surface area (Å²) in [5.74, 6) is -15.0. The molecule has 0 rings (SSSR count). The quantitative estimate of drug-likeness (QED) is 0.0549. The summed E-state index contributed by atoms with van der Waals surface area (Å²) >= 11 is 0. The molecule has 0 saturated heterocycles. The van der Waals surface area contributed by atoms with Gasteiger partial charge >= 0.3 is 123 Å². The summed E-state index contributed by atoms with van der Waals surface area (Å²) in [6.45, 7) is 0. The van der Waals surface area contributed by atoms with Crippen LogP contribution in [0.4, 0.5) is 0 Å². The van der Waals surface area contributed by atoms with Gasteiger partial charge in [-0.1, -0.05) is 0 Å². The van der Waals surface area contributed by atoms with Crippen molar-refractivity contribution in [3.8, 4) is 0 Å². The van der Waals surface area contributed by atoms with Crippen LogP contribution in [0.1, 0.15) is 37.8 Å². The SMILES string of the molecule is O.O.O.O.O.O=C(O)CC(O)(CC(=O)OC(=O)CC(O)C(=O)OC(=O)CC(O)(CC(=O)O)C(=O)O)C(=O)O.[Ca+2].[Ca+2].[H-].[H-].[H-].[H-]. The third kappa shape index (κ3) is 21.2. The third-order valence-corrected chi connectivity index (χ3v) is 3.63. The van der Waals surface area contributed by atoms with Gasteiger partial charge in [0.25, 0.3) is 0 Å². The first kappa shape index (κ1) is 58.1. The third-order valence-electron chi connectivity index (χ3n) is 3.63. The molecule has 0 aromatic rings. The Morgan fingerprint density at radius 2 is 0.875 bits per heavy atom. The zero-order valence-electron chi connectivity index (χ0n) is 24.2. The molecule has 0 spiro atoms. The number of esters is 4. The van der Waals surface area contributed by atoms with E-state index in [2.05, 4.69) is 9.47 Å². The van der Waals surface area contributed by atoms with Gasteiger partial charge in [0.05, 0.1) is 32.1 Å². The number of hydrogen-bond acceptors (Lipinski definition) is 13. The van der Waals surface area contributed by atoms with Gasteiger partial charge < -0.3 is 78.3 Å². The molecule has 40 heavy (non-hydrogen) atoms. The fraction of sp³-hybridized carbons (Fsp3) is 0.500. The Kier molecular flexibility index (Phi) is 36.4. The van der Waals surface area contributed by atoms with Crippen molar-refractivity contribution in [1.29, 1.82) is 0 Å². The summed E-state index contributed by atoms with van der Waals surface area (Å²) in [5.41, 5.74) is -6.29. The minimum Gasteiger partial charge on any atom is -1.00 e. The minimum atomic E-state index is -3.16. The predicted molar refractivity (Wildman–Crippen MR) is 126 cm³/mol. The second-order valence-electron chi connectivity index (χ2n) is 6.53. The average molecular weight is 657 g/mol. The number of aliphatic hydroxyl groups excluding tert-OH is 1. The van der Waals surface area contributed by atoms with Gasteiger partial charge in [0, 0.05) is 0 Å². The number of carboxylic acids is 4. The summed E-state index contributed by atoms with van der Waals surface area (Å²) in [6.07, 6.45) is -9.80. The molecule has 0 fully saturated rings. The Labute approximate surface area is 287 Å². The van der Waals surface area contributed by atoms with Crippen molar-refractivity contribution >= 4 is 123 Å². The molecule has 0 heterocycles. The summed E-state index contributed by atoms with van der Waals surface area (Å²) in [5, 5.41) is 63.5. The normalized spacial score (nSPS) is 12.5. The molecule has 0 bridgehead atoms. The van der Waals surface area contributed by atoms with E-state index in [0.717, 1.165) is 0 Å². The van der Waals surface area contributed by atoms with Crippen LogP contribution in [0.25, 0.3) is 0 Å². The zero-order valence-corrected chi connectivity index (χ0v) is 24.7. The Hall–Kier alpha value is -1.64. The van der Waals surface area contributed by atoms with E-state index in [9.17, 15) is 53.7 Å². The Bertz CT molecular complexity index is 894. The van der Waals surface area contributed by atoms with Crippen LogP contribution in [0.15, 0.2) is 0 Å². The molecule has 0 amide bonds. The van der Waals surface area contributed by atoms with E-state index in [1.807, 2.05) is 0 Å². The first-order valence-corrected chi connectivity index (χ1v) is 8.43. The second kappa shape index (κ2) is 25.1. The van der Waals surface area contributed by atoms with E-state index in [-0.39, 0.29) is 109 Å². The van der Waals surface area contributed by atoms with Crippen LogP contribution in [0.3, 0.4) is 0 Å². The molecule has 0 aliphatic rings. The van der Waals surface area contributed by atoms with E-state index in [4.69, 9.17) is 20.4 Å². The molecule has 3 atom stereocenters. The molecule has 22 nitrogen and oxygen atoms in total. The van der Waals surface area contributed by atoms with Crippen molar-refractivity contribution < 1.29 is 117 Å². The van der Waals surface area contributed by atoms with Crippen LogP contribution >= 0.6 is 0 Å². The topological polar surface area (TPSA) is 454 Å². The van der Waals surface area contributed by atoms with Gasteiger partial charge in [-0.3, -0.25) is 24.0 Å². The van der Waals surface area contributed by atoms with E-state index in [0.29, 0.717) is 0 Å². The number of aliphatic carboxylic acids is 4. The molecule has 0 saturated carbocycles. The number of aliphatic hydroxyl groups is 3. The summed E-state index contributed by atoms with van der Waals surface area (Å²) in [6, 6.07) is 0. The maximum atomic E-state index is 11.6. The average Bonchev–Trinajstić information content (AvgIpc) is 2.58. The van der Waals surface area contributed by atoms with E-state index < -0.39 is 97.2 Å². The van der Waals surface area contributed by atoms with Crippen molar-refractivity contribution in [2.24, 2.45) is 0 Å². The maximum absolute atomic E-state index is 11.6. The van der Waals surface area contributed by atoms with Gasteiger partial charge in [-0.05, 0) is 0 Å². The molecular formula is C16H32Ca2O22. The number of rotatable bonds is 13. The molecule has 0 aliphatic carbocycles. The number of ether oxygens (including phenoxy) is 2. The second-order valence-corrected chi connectivity index (χ2v) is 6.53. The summed E-state index contributed by atoms with van der Waals surface area (Å²) in [4.78, 5) is 89.2. The van der Waals surface area contributed by atoms with Crippen LogP contribution < -0.4 is 0 Å². The first-order chi connectivity index (χ1) is 14.9. The Morgan fingerprint density at radius 3 is 1.15 bits per heavy atom. The van der Waals surface area contributed by atoms with Crippen LogP contribution in [-0.4, -0.2) is 204 Å². The Balaban J connectivity index is -0.0000000931. The van der Waals surface area contributed by atoms with Crippen LogP contribution in [-0.2, 0) is 47.8 Å². The molecule has 0 radical (unpaired) electrons. The maximum Gasteiger partial charge on any atom is 2.00 e. The van der Waals surface area contributed by atoms with Crippen molar-refractivity contribution in [1.82, 2.24) is 0 Å². The van der Waals surface area contributed by atoms with Gasteiger partial charge in [-0.25, -0.2) is 14.4 Å². The summed E-state index contributed by atoms with van der Waals surface area (Å²) in [7, 11) is 0. The molecule has 0 aromatic heterocycles. The fourth-order valence-electron chi connectivity index (χ4n) is 2.07. The monoisotopic (exact) mass is 656 g/mol. The van der Waals surface area contributed by atoms with Crippen LogP contribution in [0, 0.1) is 0 Å². The molecule has 24 heteroatoms. The molecule has 0 aromatic carbocycles. The van der Waals surface area contributed by atoms with E-state index in [1.54, 1.807) is 0 Å². The molecule has 0 aliphatic heterocycles. The number of carbonyl (C=O) groups excluding carboxylic acids is 4. The molecular weight excluding hydrogens is 624 g/mol.